The lowest BCUT2D eigenvalue weighted by molar-refractivity contribution is -0.0527. The summed E-state index contributed by atoms with van der Waals surface area (Å²) in [5.41, 5.74) is 0. The molecule has 0 aromatic heterocycles. The van der Waals surface area contributed by atoms with Gasteiger partial charge in [-0.15, -0.1) is 4.91 Å². The standard InChI is InChI=1S/C6H9NO5/c8-1-4-6(10)5(7-11)3(9)2-12-4/h2,4-6,8-10H,1H2/t4?,5?,6-/m0/s1. The molecule has 0 bridgehead atoms. The molecule has 2 unspecified atom stereocenters. The first-order chi connectivity index (χ1) is 5.70. The lowest BCUT2D eigenvalue weighted by Gasteiger charge is -2.27. The molecule has 3 N–H and O–H groups in total. The van der Waals surface area contributed by atoms with Gasteiger partial charge in [0.05, 0.1) is 6.61 Å². The lowest BCUT2D eigenvalue weighted by Crippen LogP contribution is -2.43. The summed E-state index contributed by atoms with van der Waals surface area (Å²) in [5.74, 6) is -0.429. The number of nitroso groups, excluding NO2 is 1. The van der Waals surface area contributed by atoms with E-state index in [1.165, 1.54) is 0 Å². The molecule has 12 heavy (non-hydrogen) atoms. The number of aliphatic hydroxyl groups excluding tert-OH is 3. The lowest BCUT2D eigenvalue weighted by atomic mass is 10.0. The van der Waals surface area contributed by atoms with Crippen LogP contribution >= 0.6 is 0 Å². The van der Waals surface area contributed by atoms with E-state index in [-0.39, 0.29) is 0 Å². The van der Waals surface area contributed by atoms with Crippen molar-refractivity contribution >= 4 is 0 Å². The second kappa shape index (κ2) is 3.51. The highest BCUT2D eigenvalue weighted by Crippen LogP contribution is 2.19. The first kappa shape index (κ1) is 8.95. The first-order valence-electron chi connectivity index (χ1n) is 3.36. The summed E-state index contributed by atoms with van der Waals surface area (Å²) in [4.78, 5) is 10.1. The molecule has 1 rings (SSSR count). The summed E-state index contributed by atoms with van der Waals surface area (Å²) in [5, 5.41) is 29.3. The van der Waals surface area contributed by atoms with Gasteiger partial charge in [0.2, 0.25) is 0 Å². The maximum atomic E-state index is 10.1. The van der Waals surface area contributed by atoms with Crippen molar-refractivity contribution in [3.8, 4) is 0 Å². The monoisotopic (exact) mass is 175 g/mol. The van der Waals surface area contributed by atoms with Crippen LogP contribution in [0.15, 0.2) is 17.2 Å². The van der Waals surface area contributed by atoms with Crippen LogP contribution in [-0.2, 0) is 4.74 Å². The van der Waals surface area contributed by atoms with Gasteiger partial charge in [-0.25, -0.2) is 0 Å². The summed E-state index contributed by atoms with van der Waals surface area (Å²) in [6, 6.07) is -1.24. The Morgan fingerprint density at radius 2 is 2.33 bits per heavy atom. The number of aliphatic hydroxyl groups is 3. The summed E-state index contributed by atoms with van der Waals surface area (Å²) in [7, 11) is 0. The van der Waals surface area contributed by atoms with Crippen molar-refractivity contribution in [3.63, 3.8) is 0 Å². The topological polar surface area (TPSA) is 99.4 Å². The molecule has 0 aromatic rings. The average molecular weight is 175 g/mol. The molecular formula is C6H9NO5. The third kappa shape index (κ3) is 1.39. The van der Waals surface area contributed by atoms with E-state index in [2.05, 4.69) is 9.91 Å². The van der Waals surface area contributed by atoms with Crippen molar-refractivity contribution in [2.45, 2.75) is 18.2 Å². The van der Waals surface area contributed by atoms with Crippen LogP contribution < -0.4 is 0 Å². The third-order valence-corrected chi connectivity index (χ3v) is 1.66. The fourth-order valence-corrected chi connectivity index (χ4v) is 0.953. The van der Waals surface area contributed by atoms with Gasteiger partial charge in [-0.3, -0.25) is 0 Å². The molecule has 1 heterocycles. The highest BCUT2D eigenvalue weighted by molar-refractivity contribution is 5.07. The minimum absolute atomic E-state index is 0.429. The van der Waals surface area contributed by atoms with Crippen molar-refractivity contribution in [1.29, 1.82) is 0 Å². The molecule has 68 valence electrons. The minimum Gasteiger partial charge on any atom is -0.507 e. The van der Waals surface area contributed by atoms with E-state index < -0.39 is 30.6 Å². The zero-order valence-electron chi connectivity index (χ0n) is 6.12. The van der Waals surface area contributed by atoms with Crippen LogP contribution in [0.25, 0.3) is 0 Å². The maximum absolute atomic E-state index is 10.1. The Kier molecular flexibility index (Phi) is 2.61. The predicted molar refractivity (Wildman–Crippen MR) is 38.3 cm³/mol. The maximum Gasteiger partial charge on any atom is 0.181 e. The van der Waals surface area contributed by atoms with Gasteiger partial charge in [-0.05, 0) is 0 Å². The van der Waals surface area contributed by atoms with Crippen molar-refractivity contribution in [1.82, 2.24) is 0 Å². The van der Waals surface area contributed by atoms with Crippen LogP contribution in [0.5, 0.6) is 0 Å². The van der Waals surface area contributed by atoms with Crippen LogP contribution in [0.4, 0.5) is 0 Å². The van der Waals surface area contributed by atoms with Gasteiger partial charge in [-0.2, -0.15) is 0 Å². The Bertz CT molecular complexity index is 204. The molecule has 1 aliphatic rings. The smallest absolute Gasteiger partial charge is 0.181 e. The Hall–Kier alpha value is -1.14. The van der Waals surface area contributed by atoms with E-state index in [1.807, 2.05) is 0 Å². The third-order valence-electron chi connectivity index (χ3n) is 1.66. The van der Waals surface area contributed by atoms with Crippen molar-refractivity contribution in [2.24, 2.45) is 5.18 Å². The summed E-state index contributed by atoms with van der Waals surface area (Å²) >= 11 is 0. The largest absolute Gasteiger partial charge is 0.507 e. The molecule has 0 aliphatic carbocycles. The van der Waals surface area contributed by atoms with Crippen LogP contribution in [0.1, 0.15) is 0 Å². The number of nitrogens with zero attached hydrogens (tertiary/aromatic N) is 1. The van der Waals surface area contributed by atoms with Gasteiger partial charge in [0.15, 0.2) is 11.8 Å². The molecule has 0 saturated heterocycles. The van der Waals surface area contributed by atoms with Gasteiger partial charge < -0.3 is 20.1 Å². The molecule has 6 nitrogen and oxygen atoms in total. The molecule has 1 aliphatic heterocycles. The number of rotatable bonds is 2. The second-order valence-electron chi connectivity index (χ2n) is 2.44. The number of hydrogen-bond acceptors (Lipinski definition) is 6. The van der Waals surface area contributed by atoms with Crippen LogP contribution in [0, 0.1) is 4.91 Å². The molecule has 0 radical (unpaired) electrons. The first-order valence-corrected chi connectivity index (χ1v) is 3.36. The molecule has 3 atom stereocenters. The molecule has 6 heteroatoms. The van der Waals surface area contributed by atoms with E-state index >= 15 is 0 Å². The van der Waals surface area contributed by atoms with E-state index in [1.54, 1.807) is 0 Å². The van der Waals surface area contributed by atoms with Gasteiger partial charge in [0.1, 0.15) is 18.5 Å². The fourth-order valence-electron chi connectivity index (χ4n) is 0.953. The summed E-state index contributed by atoms with van der Waals surface area (Å²) in [6.07, 6.45) is -1.29. The Morgan fingerprint density at radius 3 is 2.83 bits per heavy atom. The van der Waals surface area contributed by atoms with Gasteiger partial charge in [0.25, 0.3) is 0 Å². The summed E-state index contributed by atoms with van der Waals surface area (Å²) in [6.45, 7) is -0.434. The zero-order chi connectivity index (χ0) is 9.14. The molecule has 0 fully saturated rings. The van der Waals surface area contributed by atoms with Crippen LogP contribution in [0.2, 0.25) is 0 Å². The quantitative estimate of drug-likeness (QED) is 0.480. The zero-order valence-corrected chi connectivity index (χ0v) is 6.12. The Labute approximate surface area is 68.1 Å². The van der Waals surface area contributed by atoms with Gasteiger partial charge >= 0.3 is 0 Å². The Morgan fingerprint density at radius 1 is 1.67 bits per heavy atom. The van der Waals surface area contributed by atoms with Crippen molar-refractivity contribution in [2.75, 3.05) is 6.61 Å². The molecule has 0 saturated carbocycles. The van der Waals surface area contributed by atoms with Crippen molar-refractivity contribution in [3.05, 3.63) is 16.9 Å². The van der Waals surface area contributed by atoms with Crippen molar-refractivity contribution < 1.29 is 20.1 Å². The Balaban J connectivity index is 2.78. The van der Waals surface area contributed by atoms with E-state index in [0.717, 1.165) is 6.26 Å². The molecule has 0 amide bonds. The van der Waals surface area contributed by atoms with Crippen LogP contribution in [0.3, 0.4) is 0 Å². The molecular weight excluding hydrogens is 166 g/mol. The van der Waals surface area contributed by atoms with E-state index in [4.69, 9.17) is 10.2 Å². The highest BCUT2D eigenvalue weighted by atomic mass is 16.5. The number of hydrogen-bond donors (Lipinski definition) is 3. The number of ether oxygens (including phenoxy) is 1. The predicted octanol–water partition coefficient (Wildman–Crippen LogP) is -0.727. The highest BCUT2D eigenvalue weighted by Gasteiger charge is 2.36. The van der Waals surface area contributed by atoms with Gasteiger partial charge in [-0.1, -0.05) is 5.18 Å². The summed E-state index contributed by atoms with van der Waals surface area (Å²) < 4.78 is 4.67. The van der Waals surface area contributed by atoms with Gasteiger partial charge in [0, 0.05) is 0 Å². The second-order valence-corrected chi connectivity index (χ2v) is 2.44. The van der Waals surface area contributed by atoms with E-state index in [9.17, 15) is 10.0 Å². The SMILES string of the molecule is O=NC1C(O)=COC(CO)[C@@H]1O. The minimum atomic E-state index is -1.29. The van der Waals surface area contributed by atoms with Crippen LogP contribution in [-0.4, -0.2) is 40.2 Å². The molecule has 0 spiro atoms. The van der Waals surface area contributed by atoms with E-state index in [0.29, 0.717) is 0 Å². The fraction of sp³-hybridized carbons (Fsp3) is 0.667. The molecule has 0 aromatic carbocycles. The normalized spacial score (nSPS) is 35.2. The average Bonchev–Trinajstić information content (AvgIpc) is 2.06.